The molecule has 13 heavy (non-hydrogen) atoms. The molecular formula is C10H12O2S. The SMILES string of the molecule is Cc1cc(C(=O)OC2CC2)c(C)s1. The topological polar surface area (TPSA) is 26.3 Å². The van der Waals surface area contributed by atoms with E-state index in [9.17, 15) is 4.79 Å². The van der Waals surface area contributed by atoms with E-state index in [-0.39, 0.29) is 12.1 Å². The van der Waals surface area contributed by atoms with Crippen molar-refractivity contribution in [2.24, 2.45) is 0 Å². The molecule has 70 valence electrons. The average molecular weight is 196 g/mol. The number of thiophene rings is 1. The highest BCUT2D eigenvalue weighted by molar-refractivity contribution is 7.12. The number of rotatable bonds is 2. The molecule has 1 aromatic heterocycles. The van der Waals surface area contributed by atoms with Crippen LogP contribution in [0.4, 0.5) is 0 Å². The molecule has 3 heteroatoms. The summed E-state index contributed by atoms with van der Waals surface area (Å²) < 4.78 is 5.21. The molecule has 1 saturated carbocycles. The first-order valence-electron chi connectivity index (χ1n) is 4.45. The van der Waals surface area contributed by atoms with Crippen LogP contribution in [0.1, 0.15) is 33.0 Å². The first kappa shape index (κ1) is 8.75. The monoisotopic (exact) mass is 196 g/mol. The quantitative estimate of drug-likeness (QED) is 0.680. The van der Waals surface area contributed by atoms with Gasteiger partial charge in [0.1, 0.15) is 6.10 Å². The lowest BCUT2D eigenvalue weighted by atomic mass is 10.2. The number of carbonyl (C=O) groups is 1. The van der Waals surface area contributed by atoms with Crippen LogP contribution in [0.3, 0.4) is 0 Å². The van der Waals surface area contributed by atoms with Crippen molar-refractivity contribution in [1.82, 2.24) is 0 Å². The summed E-state index contributed by atoms with van der Waals surface area (Å²) in [6, 6.07) is 1.91. The Kier molecular flexibility index (Phi) is 2.12. The molecule has 0 aliphatic heterocycles. The lowest BCUT2D eigenvalue weighted by Gasteiger charge is -2.00. The molecule has 0 N–H and O–H groups in total. The van der Waals surface area contributed by atoms with Crippen molar-refractivity contribution >= 4 is 17.3 Å². The molecule has 1 aliphatic rings. The standard InChI is InChI=1S/C10H12O2S/c1-6-5-9(7(2)13-6)10(11)12-8-3-4-8/h5,8H,3-4H2,1-2H3. The maximum absolute atomic E-state index is 11.5. The molecule has 1 aromatic rings. The Labute approximate surface area is 81.5 Å². The fourth-order valence-electron chi connectivity index (χ4n) is 1.23. The van der Waals surface area contributed by atoms with Crippen LogP contribution in [0, 0.1) is 13.8 Å². The third kappa shape index (κ3) is 1.91. The minimum atomic E-state index is -0.149. The summed E-state index contributed by atoms with van der Waals surface area (Å²) >= 11 is 1.64. The molecule has 0 radical (unpaired) electrons. The van der Waals surface area contributed by atoms with E-state index in [0.29, 0.717) is 0 Å². The fourth-order valence-corrected chi connectivity index (χ4v) is 2.15. The van der Waals surface area contributed by atoms with Gasteiger partial charge in [-0.15, -0.1) is 11.3 Å². The first-order chi connectivity index (χ1) is 6.16. The third-order valence-electron chi connectivity index (χ3n) is 2.06. The predicted octanol–water partition coefficient (Wildman–Crippen LogP) is 2.68. The minimum absolute atomic E-state index is 0.149. The van der Waals surface area contributed by atoms with Crippen LogP contribution in [0.25, 0.3) is 0 Å². The predicted molar refractivity (Wildman–Crippen MR) is 52.2 cm³/mol. The number of esters is 1. The Morgan fingerprint density at radius 2 is 2.23 bits per heavy atom. The van der Waals surface area contributed by atoms with Crippen LogP contribution in [0.5, 0.6) is 0 Å². The lowest BCUT2D eigenvalue weighted by molar-refractivity contribution is 0.0472. The molecule has 0 amide bonds. The van der Waals surface area contributed by atoms with E-state index in [1.807, 2.05) is 19.9 Å². The largest absolute Gasteiger partial charge is 0.459 e. The van der Waals surface area contributed by atoms with Crippen LogP contribution in [0.15, 0.2) is 6.07 Å². The highest BCUT2D eigenvalue weighted by Gasteiger charge is 2.27. The van der Waals surface area contributed by atoms with Gasteiger partial charge in [-0.3, -0.25) is 0 Å². The van der Waals surface area contributed by atoms with E-state index in [0.717, 1.165) is 23.3 Å². The van der Waals surface area contributed by atoms with Crippen molar-refractivity contribution in [2.45, 2.75) is 32.8 Å². The van der Waals surface area contributed by atoms with Gasteiger partial charge in [-0.1, -0.05) is 0 Å². The van der Waals surface area contributed by atoms with Gasteiger partial charge in [0.25, 0.3) is 0 Å². The van der Waals surface area contributed by atoms with Gasteiger partial charge in [0.15, 0.2) is 0 Å². The summed E-state index contributed by atoms with van der Waals surface area (Å²) in [6.07, 6.45) is 2.27. The van der Waals surface area contributed by atoms with Crippen LogP contribution in [0.2, 0.25) is 0 Å². The van der Waals surface area contributed by atoms with Crippen molar-refractivity contribution in [3.05, 3.63) is 21.4 Å². The summed E-state index contributed by atoms with van der Waals surface area (Å²) in [7, 11) is 0. The molecule has 0 unspecified atom stereocenters. The number of hydrogen-bond donors (Lipinski definition) is 0. The van der Waals surface area contributed by atoms with Crippen molar-refractivity contribution < 1.29 is 9.53 Å². The van der Waals surface area contributed by atoms with E-state index < -0.39 is 0 Å². The lowest BCUT2D eigenvalue weighted by Crippen LogP contribution is -2.06. The highest BCUT2D eigenvalue weighted by atomic mass is 32.1. The molecule has 0 atom stereocenters. The normalized spacial score (nSPS) is 15.8. The number of ether oxygens (including phenoxy) is 1. The van der Waals surface area contributed by atoms with Gasteiger partial charge in [-0.05, 0) is 32.8 Å². The molecule has 0 bridgehead atoms. The van der Waals surface area contributed by atoms with E-state index in [4.69, 9.17) is 4.74 Å². The summed E-state index contributed by atoms with van der Waals surface area (Å²) in [5.74, 6) is -0.149. The number of carbonyl (C=O) groups excluding carboxylic acids is 1. The van der Waals surface area contributed by atoms with Crippen molar-refractivity contribution in [1.29, 1.82) is 0 Å². The summed E-state index contributed by atoms with van der Waals surface area (Å²) in [6.45, 7) is 3.97. The van der Waals surface area contributed by atoms with E-state index in [2.05, 4.69) is 0 Å². The second-order valence-electron chi connectivity index (χ2n) is 3.43. The molecule has 0 saturated heterocycles. The first-order valence-corrected chi connectivity index (χ1v) is 5.26. The van der Waals surface area contributed by atoms with Gasteiger partial charge in [-0.25, -0.2) is 4.79 Å². The third-order valence-corrected chi connectivity index (χ3v) is 3.02. The van der Waals surface area contributed by atoms with Gasteiger partial charge in [0.2, 0.25) is 0 Å². The van der Waals surface area contributed by atoms with E-state index in [1.165, 1.54) is 4.88 Å². The maximum atomic E-state index is 11.5. The van der Waals surface area contributed by atoms with Gasteiger partial charge in [0.05, 0.1) is 5.56 Å². The van der Waals surface area contributed by atoms with E-state index >= 15 is 0 Å². The molecule has 2 rings (SSSR count). The Bertz CT molecular complexity index is 337. The van der Waals surface area contributed by atoms with Crippen LogP contribution in [-0.4, -0.2) is 12.1 Å². The Morgan fingerprint density at radius 1 is 1.54 bits per heavy atom. The van der Waals surface area contributed by atoms with Crippen LogP contribution >= 0.6 is 11.3 Å². The summed E-state index contributed by atoms with van der Waals surface area (Å²) in [5, 5.41) is 0. The molecule has 1 aliphatic carbocycles. The van der Waals surface area contributed by atoms with E-state index in [1.54, 1.807) is 11.3 Å². The number of hydrogen-bond acceptors (Lipinski definition) is 3. The van der Waals surface area contributed by atoms with Crippen molar-refractivity contribution in [2.75, 3.05) is 0 Å². The Morgan fingerprint density at radius 3 is 2.69 bits per heavy atom. The van der Waals surface area contributed by atoms with Crippen LogP contribution in [-0.2, 0) is 4.74 Å². The van der Waals surface area contributed by atoms with Gasteiger partial charge < -0.3 is 4.74 Å². The molecule has 0 aromatic carbocycles. The van der Waals surface area contributed by atoms with Crippen molar-refractivity contribution in [3.8, 4) is 0 Å². The zero-order chi connectivity index (χ0) is 9.42. The maximum Gasteiger partial charge on any atom is 0.339 e. The van der Waals surface area contributed by atoms with Crippen LogP contribution < -0.4 is 0 Å². The second-order valence-corrected chi connectivity index (χ2v) is 4.89. The van der Waals surface area contributed by atoms with Crippen molar-refractivity contribution in [3.63, 3.8) is 0 Å². The average Bonchev–Trinajstić information content (AvgIpc) is 2.77. The van der Waals surface area contributed by atoms with Gasteiger partial charge in [0, 0.05) is 9.75 Å². The Balaban J connectivity index is 2.13. The molecule has 1 fully saturated rings. The van der Waals surface area contributed by atoms with Gasteiger partial charge >= 0.3 is 5.97 Å². The molecule has 2 nitrogen and oxygen atoms in total. The molecular weight excluding hydrogens is 184 g/mol. The second kappa shape index (κ2) is 3.14. The minimum Gasteiger partial charge on any atom is -0.459 e. The molecule has 0 spiro atoms. The number of aryl methyl sites for hydroxylation is 2. The zero-order valence-corrected chi connectivity index (χ0v) is 8.61. The summed E-state index contributed by atoms with van der Waals surface area (Å²) in [5.41, 5.74) is 0.745. The highest BCUT2D eigenvalue weighted by Crippen LogP contribution is 2.27. The smallest absolute Gasteiger partial charge is 0.339 e. The summed E-state index contributed by atoms with van der Waals surface area (Å²) in [4.78, 5) is 13.7. The fraction of sp³-hybridized carbons (Fsp3) is 0.500. The Hall–Kier alpha value is -0.830. The van der Waals surface area contributed by atoms with Gasteiger partial charge in [-0.2, -0.15) is 0 Å². The zero-order valence-electron chi connectivity index (χ0n) is 7.79. The molecule has 1 heterocycles.